The summed E-state index contributed by atoms with van der Waals surface area (Å²) < 4.78 is 11.1. The fourth-order valence-corrected chi connectivity index (χ4v) is 4.89. The zero-order valence-corrected chi connectivity index (χ0v) is 20.7. The van der Waals surface area contributed by atoms with Gasteiger partial charge in [-0.3, -0.25) is 4.79 Å². The molecule has 1 N–H and O–H groups in total. The minimum absolute atomic E-state index is 0.106. The van der Waals surface area contributed by atoms with Gasteiger partial charge in [0.1, 0.15) is 24.3 Å². The summed E-state index contributed by atoms with van der Waals surface area (Å²) in [5.74, 6) is -0.222. The number of amides is 2. The molecule has 1 aliphatic heterocycles. The molecule has 1 saturated carbocycles. The predicted molar refractivity (Wildman–Crippen MR) is 125 cm³/mol. The van der Waals surface area contributed by atoms with Crippen LogP contribution >= 0.6 is 0 Å². The van der Waals surface area contributed by atoms with Crippen LogP contribution in [0, 0.1) is 17.3 Å². The van der Waals surface area contributed by atoms with Crippen molar-refractivity contribution in [1.82, 2.24) is 10.2 Å². The van der Waals surface area contributed by atoms with Crippen LogP contribution in [0.4, 0.5) is 4.79 Å². The van der Waals surface area contributed by atoms with E-state index in [-0.39, 0.29) is 30.3 Å². The predicted octanol–water partition coefficient (Wildman–Crippen LogP) is 4.30. The van der Waals surface area contributed by atoms with Crippen molar-refractivity contribution >= 4 is 18.0 Å². The van der Waals surface area contributed by atoms with Crippen LogP contribution in [0.5, 0.6) is 0 Å². The first-order valence-electron chi connectivity index (χ1n) is 11.9. The molecule has 33 heavy (non-hydrogen) atoms. The molecule has 3 rings (SSSR count). The third kappa shape index (κ3) is 6.27. The van der Waals surface area contributed by atoms with Crippen LogP contribution in [0.3, 0.4) is 0 Å². The molecule has 1 heterocycles. The molecule has 2 amide bonds. The number of rotatable bonds is 5. The van der Waals surface area contributed by atoms with E-state index >= 15 is 0 Å². The van der Waals surface area contributed by atoms with Gasteiger partial charge in [-0.05, 0) is 56.4 Å². The Labute approximate surface area is 197 Å². The lowest BCUT2D eigenvalue weighted by atomic mass is 9.85. The largest absolute Gasteiger partial charge is 0.458 e. The van der Waals surface area contributed by atoms with Crippen molar-refractivity contribution in [1.29, 1.82) is 0 Å². The molecule has 182 valence electrons. The Morgan fingerprint density at radius 3 is 2.33 bits per heavy atom. The van der Waals surface area contributed by atoms with Crippen LogP contribution in [0.15, 0.2) is 30.3 Å². The van der Waals surface area contributed by atoms with Crippen LogP contribution < -0.4 is 5.32 Å². The summed E-state index contributed by atoms with van der Waals surface area (Å²) in [6.07, 6.45) is 2.31. The van der Waals surface area contributed by atoms with E-state index in [0.717, 1.165) is 24.8 Å². The molecule has 2 fully saturated rings. The highest BCUT2D eigenvalue weighted by molar-refractivity contribution is 5.91. The molecule has 1 aromatic carbocycles. The molecule has 0 spiro atoms. The number of carbonyl (C=O) groups is 3. The molecule has 7 nitrogen and oxygen atoms in total. The number of ether oxygens (including phenoxy) is 2. The number of carbonyl (C=O) groups excluding carboxylic acids is 3. The van der Waals surface area contributed by atoms with E-state index in [9.17, 15) is 14.4 Å². The number of hydrogen-bond donors (Lipinski definition) is 1. The monoisotopic (exact) mass is 458 g/mol. The summed E-state index contributed by atoms with van der Waals surface area (Å²) in [4.78, 5) is 41.2. The fraction of sp³-hybridized carbons (Fsp3) is 0.654. The second-order valence-corrected chi connectivity index (χ2v) is 11.3. The molecule has 0 aromatic heterocycles. The lowest BCUT2D eigenvalue weighted by Crippen LogP contribution is -2.57. The standard InChI is InChI=1S/C26H38N2O5/c1-25(2,3)21(27-24(31)32-16-17-11-8-7-9-12-17)22(29)28-15-18-13-10-14-19(18)20(28)23(30)33-26(4,5)6/h7-9,11-12,18-21H,10,13-16H2,1-6H3,(H,27,31)/t18-,19+,20+,21-/m1/s1. The smallest absolute Gasteiger partial charge is 0.408 e. The molecular weight excluding hydrogens is 420 g/mol. The maximum atomic E-state index is 13.8. The van der Waals surface area contributed by atoms with Gasteiger partial charge in [-0.15, -0.1) is 0 Å². The van der Waals surface area contributed by atoms with Gasteiger partial charge in [-0.25, -0.2) is 9.59 Å². The Hall–Kier alpha value is -2.57. The summed E-state index contributed by atoms with van der Waals surface area (Å²) in [5.41, 5.74) is -0.339. The topological polar surface area (TPSA) is 84.9 Å². The molecule has 2 aliphatic rings. The minimum Gasteiger partial charge on any atom is -0.458 e. The average Bonchev–Trinajstić information content (AvgIpc) is 3.29. The van der Waals surface area contributed by atoms with Gasteiger partial charge in [0, 0.05) is 6.54 Å². The van der Waals surface area contributed by atoms with E-state index in [2.05, 4.69) is 5.32 Å². The second-order valence-electron chi connectivity index (χ2n) is 11.3. The number of nitrogens with zero attached hydrogens (tertiary/aromatic N) is 1. The SMILES string of the molecule is CC(C)(C)OC(=O)[C@@H]1[C@H]2CCC[C@@H]2CN1C(=O)[C@@H](NC(=O)OCc1ccccc1)C(C)(C)C. The number of alkyl carbamates (subject to hydrolysis) is 1. The summed E-state index contributed by atoms with van der Waals surface area (Å²) in [5, 5.41) is 2.77. The van der Waals surface area contributed by atoms with Crippen molar-refractivity contribution in [2.75, 3.05) is 6.54 Å². The van der Waals surface area contributed by atoms with Gasteiger partial charge in [0.15, 0.2) is 0 Å². The minimum atomic E-state index is -0.829. The number of nitrogens with one attached hydrogen (secondary N) is 1. The van der Waals surface area contributed by atoms with Crippen molar-refractivity contribution in [2.45, 2.75) is 85.1 Å². The number of hydrogen-bond acceptors (Lipinski definition) is 5. The van der Waals surface area contributed by atoms with Crippen LogP contribution in [0.1, 0.15) is 66.4 Å². The first-order chi connectivity index (χ1) is 15.4. The van der Waals surface area contributed by atoms with Gasteiger partial charge in [-0.2, -0.15) is 0 Å². The van der Waals surface area contributed by atoms with E-state index in [1.165, 1.54) is 0 Å². The van der Waals surface area contributed by atoms with Gasteiger partial charge in [0.05, 0.1) is 0 Å². The van der Waals surface area contributed by atoms with Crippen molar-refractivity contribution in [3.8, 4) is 0 Å². The molecule has 7 heteroatoms. The van der Waals surface area contributed by atoms with Crippen molar-refractivity contribution in [3.05, 3.63) is 35.9 Å². The van der Waals surface area contributed by atoms with Crippen LogP contribution in [0.25, 0.3) is 0 Å². The van der Waals surface area contributed by atoms with Gasteiger partial charge in [-0.1, -0.05) is 57.5 Å². The molecule has 1 aliphatic carbocycles. The summed E-state index contributed by atoms with van der Waals surface area (Å²) in [6, 6.07) is 7.94. The molecule has 4 atom stereocenters. The molecule has 1 saturated heterocycles. The Balaban J connectivity index is 1.75. The van der Waals surface area contributed by atoms with Crippen LogP contribution in [-0.2, 0) is 25.7 Å². The number of fused-ring (bicyclic) bond motifs is 1. The third-order valence-electron chi connectivity index (χ3n) is 6.41. The number of likely N-dealkylation sites (tertiary alicyclic amines) is 1. The summed E-state index contributed by atoms with van der Waals surface area (Å²) in [6.45, 7) is 11.8. The second kappa shape index (κ2) is 9.74. The first-order valence-corrected chi connectivity index (χ1v) is 11.9. The quantitative estimate of drug-likeness (QED) is 0.665. The molecule has 0 bridgehead atoms. The zero-order chi connectivity index (χ0) is 24.4. The van der Waals surface area contributed by atoms with Gasteiger partial charge in [0.25, 0.3) is 0 Å². The highest BCUT2D eigenvalue weighted by atomic mass is 16.6. The fourth-order valence-electron chi connectivity index (χ4n) is 4.89. The highest BCUT2D eigenvalue weighted by Gasteiger charge is 2.52. The molecule has 0 radical (unpaired) electrons. The van der Waals surface area contributed by atoms with Crippen LogP contribution in [-0.4, -0.2) is 47.1 Å². The Morgan fingerprint density at radius 1 is 1.06 bits per heavy atom. The van der Waals surface area contributed by atoms with Gasteiger partial charge >= 0.3 is 12.1 Å². The van der Waals surface area contributed by atoms with Crippen molar-refractivity contribution in [3.63, 3.8) is 0 Å². The van der Waals surface area contributed by atoms with Gasteiger partial charge < -0.3 is 19.7 Å². The lowest BCUT2D eigenvalue weighted by Gasteiger charge is -2.36. The molecule has 1 aromatic rings. The van der Waals surface area contributed by atoms with E-state index in [1.807, 2.05) is 71.9 Å². The number of esters is 1. The third-order valence-corrected chi connectivity index (χ3v) is 6.41. The molecule has 0 unspecified atom stereocenters. The number of benzene rings is 1. The Bertz CT molecular complexity index is 856. The van der Waals surface area contributed by atoms with E-state index in [4.69, 9.17) is 9.47 Å². The summed E-state index contributed by atoms with van der Waals surface area (Å²) in [7, 11) is 0. The Kier molecular flexibility index (Phi) is 7.39. The molecular formula is C26H38N2O5. The van der Waals surface area contributed by atoms with E-state index < -0.39 is 29.2 Å². The van der Waals surface area contributed by atoms with Gasteiger partial charge in [0.2, 0.25) is 5.91 Å². The highest BCUT2D eigenvalue weighted by Crippen LogP contribution is 2.43. The summed E-state index contributed by atoms with van der Waals surface area (Å²) >= 11 is 0. The maximum Gasteiger partial charge on any atom is 0.408 e. The van der Waals surface area contributed by atoms with E-state index in [0.29, 0.717) is 6.54 Å². The van der Waals surface area contributed by atoms with Crippen LogP contribution in [0.2, 0.25) is 0 Å². The Morgan fingerprint density at radius 2 is 1.73 bits per heavy atom. The van der Waals surface area contributed by atoms with Crippen molar-refractivity contribution in [2.24, 2.45) is 17.3 Å². The normalized spacial score (nSPS) is 23.6. The first kappa shape index (κ1) is 25.1. The zero-order valence-electron chi connectivity index (χ0n) is 20.7. The lowest BCUT2D eigenvalue weighted by molar-refractivity contribution is -0.165. The average molecular weight is 459 g/mol. The maximum absolute atomic E-state index is 13.8. The van der Waals surface area contributed by atoms with E-state index in [1.54, 1.807) is 4.90 Å². The van der Waals surface area contributed by atoms with Crippen molar-refractivity contribution < 1.29 is 23.9 Å².